The van der Waals surface area contributed by atoms with Crippen molar-refractivity contribution in [2.75, 3.05) is 30.4 Å². The average molecular weight is 353 g/mol. The number of benzene rings is 2. The first-order valence-corrected chi connectivity index (χ1v) is 8.91. The molecule has 0 aliphatic rings. The molecule has 0 bridgehead atoms. The van der Waals surface area contributed by atoms with Crippen molar-refractivity contribution < 1.29 is 9.59 Å². The summed E-state index contributed by atoms with van der Waals surface area (Å²) in [6.07, 6.45) is 0. The first-order chi connectivity index (χ1) is 12.4. The van der Waals surface area contributed by atoms with Gasteiger partial charge in [0, 0.05) is 43.6 Å². The second-order valence-corrected chi connectivity index (χ2v) is 6.26. The van der Waals surface area contributed by atoms with Gasteiger partial charge in [-0.3, -0.25) is 4.79 Å². The molecule has 0 unspecified atom stereocenters. The van der Waals surface area contributed by atoms with E-state index in [9.17, 15) is 9.59 Å². The topological polar surface area (TPSA) is 52.6 Å². The van der Waals surface area contributed by atoms with Gasteiger partial charge in [0.2, 0.25) is 0 Å². The molecule has 0 saturated carbocycles. The first kappa shape index (κ1) is 19.5. The molecule has 2 rings (SSSR count). The lowest BCUT2D eigenvalue weighted by Crippen LogP contribution is -2.30. The number of urea groups is 1. The normalized spacial score (nSPS) is 10.3. The van der Waals surface area contributed by atoms with E-state index < -0.39 is 0 Å². The maximum atomic E-state index is 12.3. The minimum Gasteiger partial charge on any atom is -0.372 e. The molecular weight excluding hydrogens is 326 g/mol. The van der Waals surface area contributed by atoms with E-state index in [0.29, 0.717) is 17.8 Å². The van der Waals surface area contributed by atoms with Crippen LogP contribution in [0.3, 0.4) is 0 Å². The lowest BCUT2D eigenvalue weighted by molar-refractivity contribution is 0.101. The molecule has 0 aliphatic carbocycles. The van der Waals surface area contributed by atoms with Crippen LogP contribution in [0.1, 0.15) is 36.7 Å². The van der Waals surface area contributed by atoms with Crippen molar-refractivity contribution in [1.82, 2.24) is 4.90 Å². The molecule has 0 saturated heterocycles. The fourth-order valence-corrected chi connectivity index (χ4v) is 2.75. The molecule has 0 spiro atoms. The van der Waals surface area contributed by atoms with E-state index in [1.165, 1.54) is 12.6 Å². The van der Waals surface area contributed by atoms with Gasteiger partial charge in [-0.2, -0.15) is 0 Å². The SMILES string of the molecule is CCN(CC)c1ccc(CN(C)C(=O)Nc2ccc(C(C)=O)cc2)cc1. The number of ketones is 1. The standard InChI is InChI=1S/C21H27N3O2/c1-5-24(6-2)20-13-7-17(8-14-20)15-23(4)21(26)22-19-11-9-18(10-12-19)16(3)25/h7-14H,5-6,15H2,1-4H3,(H,22,26). The van der Waals surface area contributed by atoms with Gasteiger partial charge in [-0.15, -0.1) is 0 Å². The van der Waals surface area contributed by atoms with Crippen molar-refractivity contribution in [2.45, 2.75) is 27.3 Å². The Kier molecular flexibility index (Phi) is 6.78. The number of rotatable bonds is 7. The third-order valence-electron chi connectivity index (χ3n) is 4.37. The Hall–Kier alpha value is -2.82. The zero-order valence-electron chi connectivity index (χ0n) is 16.0. The summed E-state index contributed by atoms with van der Waals surface area (Å²) in [4.78, 5) is 27.6. The molecule has 0 fully saturated rings. The summed E-state index contributed by atoms with van der Waals surface area (Å²) in [6.45, 7) is 8.26. The average Bonchev–Trinajstić information content (AvgIpc) is 2.64. The molecule has 26 heavy (non-hydrogen) atoms. The van der Waals surface area contributed by atoms with E-state index in [4.69, 9.17) is 0 Å². The number of carbonyl (C=O) groups excluding carboxylic acids is 2. The van der Waals surface area contributed by atoms with Crippen LogP contribution in [-0.4, -0.2) is 36.9 Å². The number of Topliss-reactive ketones (excluding diaryl/α,β-unsaturated/α-hetero) is 1. The minimum absolute atomic E-state index is 0.00755. The Labute approximate surface area is 155 Å². The summed E-state index contributed by atoms with van der Waals surface area (Å²) in [6, 6.07) is 15.0. The zero-order chi connectivity index (χ0) is 19.1. The molecule has 5 nitrogen and oxygen atoms in total. The number of anilines is 2. The van der Waals surface area contributed by atoms with Crippen LogP contribution in [0.25, 0.3) is 0 Å². The van der Waals surface area contributed by atoms with Gasteiger partial charge in [-0.25, -0.2) is 4.79 Å². The van der Waals surface area contributed by atoms with Crippen molar-refractivity contribution in [3.8, 4) is 0 Å². The Morgan fingerprint density at radius 1 is 0.923 bits per heavy atom. The molecule has 1 N–H and O–H groups in total. The molecule has 2 aromatic rings. The monoisotopic (exact) mass is 353 g/mol. The van der Waals surface area contributed by atoms with Crippen LogP contribution in [0.4, 0.5) is 16.2 Å². The predicted molar refractivity (Wildman–Crippen MR) is 107 cm³/mol. The van der Waals surface area contributed by atoms with E-state index in [1.807, 2.05) is 0 Å². The van der Waals surface area contributed by atoms with Gasteiger partial charge in [-0.1, -0.05) is 12.1 Å². The number of nitrogens with one attached hydrogen (secondary N) is 1. The molecular formula is C21H27N3O2. The van der Waals surface area contributed by atoms with Gasteiger partial charge in [0.15, 0.2) is 5.78 Å². The smallest absolute Gasteiger partial charge is 0.321 e. The van der Waals surface area contributed by atoms with Crippen LogP contribution in [0, 0.1) is 0 Å². The molecule has 0 heterocycles. The van der Waals surface area contributed by atoms with Gasteiger partial charge in [0.05, 0.1) is 0 Å². The summed E-state index contributed by atoms with van der Waals surface area (Å²) in [7, 11) is 1.76. The summed E-state index contributed by atoms with van der Waals surface area (Å²) < 4.78 is 0. The largest absolute Gasteiger partial charge is 0.372 e. The number of hydrogen-bond donors (Lipinski definition) is 1. The Bertz CT molecular complexity index is 735. The van der Waals surface area contributed by atoms with Crippen LogP contribution in [0.5, 0.6) is 0 Å². The molecule has 0 atom stereocenters. The fourth-order valence-electron chi connectivity index (χ4n) is 2.75. The summed E-state index contributed by atoms with van der Waals surface area (Å²) in [5, 5.41) is 2.84. The third kappa shape index (κ3) is 5.09. The van der Waals surface area contributed by atoms with Gasteiger partial charge >= 0.3 is 6.03 Å². The van der Waals surface area contributed by atoms with Gasteiger partial charge in [0.25, 0.3) is 0 Å². The molecule has 2 amide bonds. The highest BCUT2D eigenvalue weighted by atomic mass is 16.2. The van der Waals surface area contributed by atoms with E-state index in [0.717, 1.165) is 18.7 Å². The van der Waals surface area contributed by atoms with E-state index >= 15 is 0 Å². The van der Waals surface area contributed by atoms with Crippen molar-refractivity contribution in [1.29, 1.82) is 0 Å². The summed E-state index contributed by atoms with van der Waals surface area (Å²) >= 11 is 0. The Morgan fingerprint density at radius 3 is 2.00 bits per heavy atom. The van der Waals surface area contributed by atoms with Crippen molar-refractivity contribution in [2.24, 2.45) is 0 Å². The van der Waals surface area contributed by atoms with Crippen LogP contribution in [-0.2, 0) is 6.54 Å². The maximum Gasteiger partial charge on any atom is 0.321 e. The number of hydrogen-bond acceptors (Lipinski definition) is 3. The van der Waals surface area contributed by atoms with E-state index in [-0.39, 0.29) is 11.8 Å². The predicted octanol–water partition coefficient (Wildman–Crippen LogP) is 4.40. The lowest BCUT2D eigenvalue weighted by Gasteiger charge is -2.22. The van der Waals surface area contributed by atoms with Crippen molar-refractivity contribution in [3.63, 3.8) is 0 Å². The van der Waals surface area contributed by atoms with Crippen LogP contribution >= 0.6 is 0 Å². The van der Waals surface area contributed by atoms with Crippen LogP contribution in [0.2, 0.25) is 0 Å². The Balaban J connectivity index is 1.95. The molecule has 0 aliphatic heterocycles. The van der Waals surface area contributed by atoms with Crippen LogP contribution < -0.4 is 10.2 Å². The summed E-state index contributed by atoms with van der Waals surface area (Å²) in [5.41, 5.74) is 3.57. The second kappa shape index (κ2) is 9.04. The van der Waals surface area contributed by atoms with Crippen molar-refractivity contribution in [3.05, 3.63) is 59.7 Å². The van der Waals surface area contributed by atoms with E-state index in [2.05, 4.69) is 48.3 Å². The van der Waals surface area contributed by atoms with E-state index in [1.54, 1.807) is 36.2 Å². The van der Waals surface area contributed by atoms with Crippen molar-refractivity contribution >= 4 is 23.2 Å². The quantitative estimate of drug-likeness (QED) is 0.751. The zero-order valence-corrected chi connectivity index (χ0v) is 16.0. The number of carbonyl (C=O) groups is 2. The molecule has 2 aromatic carbocycles. The van der Waals surface area contributed by atoms with Gasteiger partial charge < -0.3 is 15.1 Å². The van der Waals surface area contributed by atoms with Gasteiger partial charge in [0.1, 0.15) is 0 Å². The highest BCUT2D eigenvalue weighted by Crippen LogP contribution is 2.16. The molecule has 138 valence electrons. The number of nitrogens with zero attached hydrogens (tertiary/aromatic N) is 2. The summed E-state index contributed by atoms with van der Waals surface area (Å²) in [5.74, 6) is 0.00755. The first-order valence-electron chi connectivity index (χ1n) is 8.91. The maximum absolute atomic E-state index is 12.3. The molecule has 0 radical (unpaired) electrons. The highest BCUT2D eigenvalue weighted by molar-refractivity contribution is 5.95. The Morgan fingerprint density at radius 2 is 1.50 bits per heavy atom. The minimum atomic E-state index is -0.187. The second-order valence-electron chi connectivity index (χ2n) is 6.26. The molecule has 0 aromatic heterocycles. The fraction of sp³-hybridized carbons (Fsp3) is 0.333. The van der Waals surface area contributed by atoms with Crippen LogP contribution in [0.15, 0.2) is 48.5 Å². The van der Waals surface area contributed by atoms with Gasteiger partial charge in [-0.05, 0) is 62.7 Å². The highest BCUT2D eigenvalue weighted by Gasteiger charge is 2.10. The molecule has 5 heteroatoms. The number of amides is 2. The lowest BCUT2D eigenvalue weighted by atomic mass is 10.1. The third-order valence-corrected chi connectivity index (χ3v) is 4.37.